The lowest BCUT2D eigenvalue weighted by atomic mass is 10.0. The average molecular weight is 184 g/mol. The predicted molar refractivity (Wildman–Crippen MR) is 53.3 cm³/mol. The molecule has 1 saturated carbocycles. The standard InChI is InChI=1S/C10H20N2O/c1-10(2,11)7-9(13)12-8-5-3-4-6-8/h8H,3-7,11H2,1-2H3,(H,12,13). The lowest BCUT2D eigenvalue weighted by Gasteiger charge is -2.19. The number of hydrogen-bond donors (Lipinski definition) is 2. The highest BCUT2D eigenvalue weighted by Gasteiger charge is 2.21. The molecule has 3 nitrogen and oxygen atoms in total. The molecule has 1 fully saturated rings. The third-order valence-corrected chi connectivity index (χ3v) is 2.34. The Kier molecular flexibility index (Phi) is 3.31. The van der Waals surface area contributed by atoms with Gasteiger partial charge in [0.2, 0.25) is 5.91 Å². The quantitative estimate of drug-likeness (QED) is 0.692. The first-order valence-electron chi connectivity index (χ1n) is 5.06. The zero-order valence-corrected chi connectivity index (χ0v) is 8.60. The summed E-state index contributed by atoms with van der Waals surface area (Å²) in [6.45, 7) is 3.75. The van der Waals surface area contributed by atoms with Crippen molar-refractivity contribution in [1.82, 2.24) is 5.32 Å². The van der Waals surface area contributed by atoms with Gasteiger partial charge in [0.25, 0.3) is 0 Å². The van der Waals surface area contributed by atoms with Crippen LogP contribution in [0.5, 0.6) is 0 Å². The molecule has 0 aromatic carbocycles. The van der Waals surface area contributed by atoms with Crippen molar-refractivity contribution in [3.8, 4) is 0 Å². The number of nitrogens with one attached hydrogen (secondary N) is 1. The van der Waals surface area contributed by atoms with Crippen LogP contribution in [-0.2, 0) is 4.79 Å². The minimum Gasteiger partial charge on any atom is -0.353 e. The highest BCUT2D eigenvalue weighted by Crippen LogP contribution is 2.18. The Morgan fingerprint density at radius 2 is 2.00 bits per heavy atom. The summed E-state index contributed by atoms with van der Waals surface area (Å²) in [7, 11) is 0. The van der Waals surface area contributed by atoms with E-state index in [1.165, 1.54) is 12.8 Å². The molecule has 13 heavy (non-hydrogen) atoms. The Labute approximate surface area is 80.1 Å². The molecule has 3 N–H and O–H groups in total. The zero-order valence-electron chi connectivity index (χ0n) is 8.60. The molecule has 0 radical (unpaired) electrons. The van der Waals surface area contributed by atoms with Crippen LogP contribution in [0.1, 0.15) is 46.0 Å². The van der Waals surface area contributed by atoms with Crippen molar-refractivity contribution in [2.75, 3.05) is 0 Å². The fraction of sp³-hybridized carbons (Fsp3) is 0.900. The van der Waals surface area contributed by atoms with Crippen molar-refractivity contribution in [3.05, 3.63) is 0 Å². The molecular weight excluding hydrogens is 164 g/mol. The Balaban J connectivity index is 2.24. The van der Waals surface area contributed by atoms with Crippen LogP contribution in [0.4, 0.5) is 0 Å². The van der Waals surface area contributed by atoms with E-state index in [1.807, 2.05) is 13.8 Å². The average Bonchev–Trinajstić information content (AvgIpc) is 2.34. The number of amides is 1. The number of rotatable bonds is 3. The fourth-order valence-corrected chi connectivity index (χ4v) is 1.76. The van der Waals surface area contributed by atoms with E-state index in [0.717, 1.165) is 12.8 Å². The molecule has 0 bridgehead atoms. The van der Waals surface area contributed by atoms with E-state index in [1.54, 1.807) is 0 Å². The number of carbonyl (C=O) groups excluding carboxylic acids is 1. The van der Waals surface area contributed by atoms with Crippen molar-refractivity contribution in [2.45, 2.75) is 57.5 Å². The molecule has 0 heterocycles. The van der Waals surface area contributed by atoms with Gasteiger partial charge in [0.05, 0.1) is 0 Å². The second-order valence-corrected chi connectivity index (χ2v) is 4.71. The normalized spacial score (nSPS) is 19.0. The molecule has 0 spiro atoms. The smallest absolute Gasteiger partial charge is 0.222 e. The van der Waals surface area contributed by atoms with Gasteiger partial charge in [-0.15, -0.1) is 0 Å². The van der Waals surface area contributed by atoms with E-state index < -0.39 is 0 Å². The predicted octanol–water partition coefficient (Wildman–Crippen LogP) is 1.17. The maximum Gasteiger partial charge on any atom is 0.222 e. The van der Waals surface area contributed by atoms with Crippen LogP contribution in [-0.4, -0.2) is 17.5 Å². The van der Waals surface area contributed by atoms with Crippen LogP contribution in [0.15, 0.2) is 0 Å². The van der Waals surface area contributed by atoms with Crippen molar-refractivity contribution < 1.29 is 4.79 Å². The molecule has 3 heteroatoms. The van der Waals surface area contributed by atoms with Crippen molar-refractivity contribution in [3.63, 3.8) is 0 Å². The van der Waals surface area contributed by atoms with E-state index >= 15 is 0 Å². The van der Waals surface area contributed by atoms with E-state index in [-0.39, 0.29) is 11.4 Å². The Morgan fingerprint density at radius 1 is 1.46 bits per heavy atom. The second-order valence-electron chi connectivity index (χ2n) is 4.71. The van der Waals surface area contributed by atoms with Gasteiger partial charge in [-0.1, -0.05) is 12.8 Å². The summed E-state index contributed by atoms with van der Waals surface area (Å²) in [5.41, 5.74) is 5.36. The third-order valence-electron chi connectivity index (χ3n) is 2.34. The molecule has 1 rings (SSSR count). The molecule has 1 amide bonds. The number of carbonyl (C=O) groups is 1. The molecule has 1 aliphatic carbocycles. The largest absolute Gasteiger partial charge is 0.353 e. The molecule has 0 saturated heterocycles. The molecule has 0 aromatic heterocycles. The summed E-state index contributed by atoms with van der Waals surface area (Å²) in [6.07, 6.45) is 5.19. The first kappa shape index (κ1) is 10.5. The van der Waals surface area contributed by atoms with Gasteiger partial charge in [-0.3, -0.25) is 4.79 Å². The summed E-state index contributed by atoms with van der Waals surface area (Å²) in [6, 6.07) is 0.412. The van der Waals surface area contributed by atoms with Crippen LogP contribution >= 0.6 is 0 Å². The van der Waals surface area contributed by atoms with Crippen molar-refractivity contribution in [1.29, 1.82) is 0 Å². The van der Waals surface area contributed by atoms with Gasteiger partial charge in [0.15, 0.2) is 0 Å². The summed E-state index contributed by atoms with van der Waals surface area (Å²) in [5.74, 6) is 0.0967. The lowest BCUT2D eigenvalue weighted by molar-refractivity contribution is -0.122. The number of nitrogens with two attached hydrogens (primary N) is 1. The maximum atomic E-state index is 11.4. The van der Waals surface area contributed by atoms with Gasteiger partial charge in [0.1, 0.15) is 0 Å². The Hall–Kier alpha value is -0.570. The number of hydrogen-bond acceptors (Lipinski definition) is 2. The van der Waals surface area contributed by atoms with E-state index in [9.17, 15) is 4.79 Å². The van der Waals surface area contributed by atoms with Crippen LogP contribution in [0, 0.1) is 0 Å². The summed E-state index contributed by atoms with van der Waals surface area (Å²) < 4.78 is 0. The highest BCUT2D eigenvalue weighted by molar-refractivity contribution is 5.77. The van der Waals surface area contributed by atoms with Crippen LogP contribution < -0.4 is 11.1 Å². The second kappa shape index (κ2) is 4.09. The minimum absolute atomic E-state index is 0.0967. The van der Waals surface area contributed by atoms with E-state index in [4.69, 9.17) is 5.73 Å². The van der Waals surface area contributed by atoms with Gasteiger partial charge >= 0.3 is 0 Å². The molecule has 0 atom stereocenters. The Bertz CT molecular complexity index is 178. The van der Waals surface area contributed by atoms with Gasteiger partial charge in [-0.25, -0.2) is 0 Å². The fourth-order valence-electron chi connectivity index (χ4n) is 1.76. The topological polar surface area (TPSA) is 55.1 Å². The van der Waals surface area contributed by atoms with Crippen LogP contribution in [0.25, 0.3) is 0 Å². The lowest BCUT2D eigenvalue weighted by Crippen LogP contribution is -2.41. The van der Waals surface area contributed by atoms with Gasteiger partial charge in [-0.05, 0) is 26.7 Å². The van der Waals surface area contributed by atoms with E-state index in [2.05, 4.69) is 5.32 Å². The molecule has 0 aromatic rings. The van der Waals surface area contributed by atoms with Gasteiger partial charge in [0, 0.05) is 18.0 Å². The summed E-state index contributed by atoms with van der Waals surface area (Å²) >= 11 is 0. The molecular formula is C10H20N2O. The van der Waals surface area contributed by atoms with E-state index in [0.29, 0.717) is 12.5 Å². The zero-order chi connectivity index (χ0) is 9.90. The highest BCUT2D eigenvalue weighted by atomic mass is 16.1. The monoisotopic (exact) mass is 184 g/mol. The SMILES string of the molecule is CC(C)(N)CC(=O)NC1CCCC1. The molecule has 0 aliphatic heterocycles. The van der Waals surface area contributed by atoms with Crippen molar-refractivity contribution in [2.24, 2.45) is 5.73 Å². The van der Waals surface area contributed by atoms with Crippen molar-refractivity contribution >= 4 is 5.91 Å². The maximum absolute atomic E-state index is 11.4. The molecule has 0 unspecified atom stereocenters. The minimum atomic E-state index is -0.386. The first-order chi connectivity index (χ1) is 5.97. The summed E-state index contributed by atoms with van der Waals surface area (Å²) in [5, 5.41) is 3.02. The van der Waals surface area contributed by atoms with Gasteiger partial charge in [-0.2, -0.15) is 0 Å². The van der Waals surface area contributed by atoms with Crippen LogP contribution in [0.2, 0.25) is 0 Å². The molecule has 1 aliphatic rings. The van der Waals surface area contributed by atoms with Gasteiger partial charge < -0.3 is 11.1 Å². The summed E-state index contributed by atoms with van der Waals surface area (Å²) in [4.78, 5) is 11.4. The molecule has 76 valence electrons. The first-order valence-corrected chi connectivity index (χ1v) is 5.06. The van der Waals surface area contributed by atoms with Crippen LogP contribution in [0.3, 0.4) is 0 Å². The Morgan fingerprint density at radius 3 is 2.46 bits per heavy atom. The third kappa shape index (κ3) is 4.27.